The van der Waals surface area contributed by atoms with Crippen LogP contribution >= 0.6 is 0 Å². The molecule has 5 nitrogen and oxygen atoms in total. The Kier molecular flexibility index (Phi) is 2.46. The molecule has 0 unspecified atom stereocenters. The average molecular weight is 241 g/mol. The number of aromatic nitrogens is 1. The fourth-order valence-electron chi connectivity index (χ4n) is 1.79. The minimum absolute atomic E-state index is 0.0239. The van der Waals surface area contributed by atoms with Gasteiger partial charge in [0.25, 0.3) is 5.56 Å². The maximum absolute atomic E-state index is 11.5. The molecule has 1 N–H and O–H groups in total. The third-order valence-corrected chi connectivity index (χ3v) is 4.21. The first kappa shape index (κ1) is 11.1. The van der Waals surface area contributed by atoms with Gasteiger partial charge in [-0.3, -0.25) is 9.59 Å². The van der Waals surface area contributed by atoms with E-state index in [0.29, 0.717) is 17.7 Å². The zero-order valence-corrected chi connectivity index (χ0v) is 9.56. The molecule has 0 saturated heterocycles. The lowest BCUT2D eigenvalue weighted by Crippen LogP contribution is -2.26. The van der Waals surface area contributed by atoms with Crippen LogP contribution in [0.25, 0.3) is 0 Å². The molecular weight excluding hydrogens is 230 g/mol. The van der Waals surface area contributed by atoms with Crippen LogP contribution in [0, 0.1) is 0 Å². The number of fused-ring (bicyclic) bond motifs is 1. The minimum atomic E-state index is -3.08. The van der Waals surface area contributed by atoms with E-state index in [2.05, 4.69) is 4.98 Å². The molecule has 0 atom stereocenters. The second-order valence-corrected chi connectivity index (χ2v) is 6.10. The Morgan fingerprint density at radius 3 is 2.75 bits per heavy atom. The van der Waals surface area contributed by atoms with Crippen LogP contribution in [0.15, 0.2) is 10.9 Å². The van der Waals surface area contributed by atoms with E-state index < -0.39 is 15.4 Å². The molecule has 1 aromatic heterocycles. The van der Waals surface area contributed by atoms with Crippen molar-refractivity contribution in [1.29, 1.82) is 0 Å². The molecule has 1 aliphatic rings. The van der Waals surface area contributed by atoms with Gasteiger partial charge in [-0.1, -0.05) is 0 Å². The number of sulfone groups is 1. The normalized spacial score (nSPS) is 17.8. The van der Waals surface area contributed by atoms with Crippen molar-refractivity contribution in [1.82, 2.24) is 4.98 Å². The zero-order chi connectivity index (χ0) is 11.9. The van der Waals surface area contributed by atoms with Crippen LogP contribution < -0.4 is 5.56 Å². The first-order chi connectivity index (χ1) is 7.39. The van der Waals surface area contributed by atoms with Crippen molar-refractivity contribution in [3.63, 3.8) is 0 Å². The molecule has 0 bridgehead atoms. The standard InChI is InChI=1S/C10H11NO4S/c1-6(12)8-4-7-5-16(14,15)3-2-9(7)11-10(8)13/h4H,2-3,5H2,1H3,(H,11,13). The van der Waals surface area contributed by atoms with Crippen molar-refractivity contribution in [2.75, 3.05) is 5.75 Å². The highest BCUT2D eigenvalue weighted by Gasteiger charge is 2.23. The summed E-state index contributed by atoms with van der Waals surface area (Å²) in [5, 5.41) is 0. The molecule has 0 aliphatic carbocycles. The molecule has 6 heteroatoms. The van der Waals surface area contributed by atoms with Crippen LogP contribution in [0.2, 0.25) is 0 Å². The molecule has 0 fully saturated rings. The summed E-state index contributed by atoms with van der Waals surface area (Å²) in [6, 6.07) is 1.40. The number of carbonyl (C=O) groups excluding carboxylic acids is 1. The maximum atomic E-state index is 11.5. The topological polar surface area (TPSA) is 84.1 Å². The SMILES string of the molecule is CC(=O)c1cc2c([nH]c1=O)CCS(=O)(=O)C2. The molecule has 2 rings (SSSR count). The summed E-state index contributed by atoms with van der Waals surface area (Å²) in [4.78, 5) is 25.2. The number of H-pyrrole nitrogens is 1. The van der Waals surface area contributed by atoms with Gasteiger partial charge in [-0.15, -0.1) is 0 Å². The molecule has 2 heterocycles. The lowest BCUT2D eigenvalue weighted by Gasteiger charge is -2.16. The largest absolute Gasteiger partial charge is 0.325 e. The van der Waals surface area contributed by atoms with E-state index in [1.165, 1.54) is 13.0 Å². The first-order valence-corrected chi connectivity index (χ1v) is 6.67. The number of carbonyl (C=O) groups is 1. The number of nitrogens with one attached hydrogen (secondary N) is 1. The molecule has 0 amide bonds. The Morgan fingerprint density at radius 1 is 1.44 bits per heavy atom. The van der Waals surface area contributed by atoms with Gasteiger partial charge in [0.15, 0.2) is 15.6 Å². The maximum Gasteiger partial charge on any atom is 0.259 e. The van der Waals surface area contributed by atoms with E-state index >= 15 is 0 Å². The van der Waals surface area contributed by atoms with E-state index in [1.54, 1.807) is 0 Å². The quantitative estimate of drug-likeness (QED) is 0.704. The van der Waals surface area contributed by atoms with Crippen LogP contribution in [0.3, 0.4) is 0 Å². The van der Waals surface area contributed by atoms with Crippen LogP contribution in [-0.4, -0.2) is 24.9 Å². The zero-order valence-electron chi connectivity index (χ0n) is 8.74. The molecular formula is C10H11NO4S. The number of hydrogen-bond donors (Lipinski definition) is 1. The van der Waals surface area contributed by atoms with Gasteiger partial charge >= 0.3 is 0 Å². The second-order valence-electron chi connectivity index (χ2n) is 3.91. The van der Waals surface area contributed by atoms with Crippen molar-refractivity contribution >= 4 is 15.6 Å². The summed E-state index contributed by atoms with van der Waals surface area (Å²) < 4.78 is 22.8. The van der Waals surface area contributed by atoms with Gasteiger partial charge < -0.3 is 4.98 Å². The summed E-state index contributed by atoms with van der Waals surface area (Å²) in [5.74, 6) is -0.401. The molecule has 1 aromatic rings. The number of aryl methyl sites for hydroxylation is 1. The number of aromatic amines is 1. The summed E-state index contributed by atoms with van der Waals surface area (Å²) in [7, 11) is -3.08. The predicted molar refractivity (Wildman–Crippen MR) is 58.3 cm³/mol. The number of pyridine rings is 1. The number of Topliss-reactive ketones (excluding diaryl/α,β-unsaturated/α-hetero) is 1. The highest BCUT2D eigenvalue weighted by atomic mass is 32.2. The van der Waals surface area contributed by atoms with Gasteiger partial charge in [-0.2, -0.15) is 0 Å². The third kappa shape index (κ3) is 1.92. The van der Waals surface area contributed by atoms with Crippen molar-refractivity contribution in [3.05, 3.63) is 33.2 Å². The van der Waals surface area contributed by atoms with E-state index in [4.69, 9.17) is 0 Å². The molecule has 16 heavy (non-hydrogen) atoms. The summed E-state index contributed by atoms with van der Waals surface area (Å²) in [6.07, 6.45) is 0.311. The van der Waals surface area contributed by atoms with Crippen molar-refractivity contribution in [2.45, 2.75) is 19.1 Å². The lowest BCUT2D eigenvalue weighted by atomic mass is 10.1. The average Bonchev–Trinajstić information content (AvgIpc) is 2.16. The predicted octanol–water partition coefficient (Wildman–Crippen LogP) is 0.0484. The van der Waals surface area contributed by atoms with Crippen LogP contribution in [-0.2, 0) is 22.0 Å². The highest BCUT2D eigenvalue weighted by molar-refractivity contribution is 7.90. The summed E-state index contributed by atoms with van der Waals surface area (Å²) >= 11 is 0. The Bertz CT molecular complexity index is 612. The summed E-state index contributed by atoms with van der Waals surface area (Å²) in [5.41, 5.74) is 0.752. The van der Waals surface area contributed by atoms with Crippen LogP contribution in [0.5, 0.6) is 0 Å². The smallest absolute Gasteiger partial charge is 0.259 e. The Hall–Kier alpha value is -1.43. The van der Waals surface area contributed by atoms with Crippen molar-refractivity contribution in [3.8, 4) is 0 Å². The van der Waals surface area contributed by atoms with E-state index in [1.807, 2.05) is 0 Å². The van der Waals surface area contributed by atoms with E-state index in [-0.39, 0.29) is 22.9 Å². The van der Waals surface area contributed by atoms with Crippen molar-refractivity contribution < 1.29 is 13.2 Å². The van der Waals surface area contributed by atoms with Crippen LogP contribution in [0.4, 0.5) is 0 Å². The van der Waals surface area contributed by atoms with Gasteiger partial charge in [-0.05, 0) is 18.6 Å². The number of rotatable bonds is 1. The lowest BCUT2D eigenvalue weighted by molar-refractivity contribution is 0.101. The fraction of sp³-hybridized carbons (Fsp3) is 0.400. The minimum Gasteiger partial charge on any atom is -0.325 e. The number of ketones is 1. The van der Waals surface area contributed by atoms with Crippen molar-refractivity contribution in [2.24, 2.45) is 0 Å². The Labute approximate surface area is 92.4 Å². The highest BCUT2D eigenvalue weighted by Crippen LogP contribution is 2.18. The van der Waals surface area contributed by atoms with Crippen LogP contribution in [0.1, 0.15) is 28.5 Å². The van der Waals surface area contributed by atoms with Gasteiger partial charge in [-0.25, -0.2) is 8.42 Å². The molecule has 0 spiro atoms. The van der Waals surface area contributed by atoms with Gasteiger partial charge in [0.05, 0.1) is 17.1 Å². The van der Waals surface area contributed by atoms with Gasteiger partial charge in [0.1, 0.15) is 0 Å². The number of hydrogen-bond acceptors (Lipinski definition) is 4. The fourth-order valence-corrected chi connectivity index (χ4v) is 3.18. The molecule has 1 aliphatic heterocycles. The molecule has 0 aromatic carbocycles. The van der Waals surface area contributed by atoms with E-state index in [0.717, 1.165) is 0 Å². The monoisotopic (exact) mass is 241 g/mol. The Morgan fingerprint density at radius 2 is 2.12 bits per heavy atom. The van der Waals surface area contributed by atoms with Gasteiger partial charge in [0, 0.05) is 12.1 Å². The van der Waals surface area contributed by atoms with E-state index in [9.17, 15) is 18.0 Å². The Balaban J connectivity index is 2.61. The molecule has 0 saturated carbocycles. The first-order valence-electron chi connectivity index (χ1n) is 4.85. The summed E-state index contributed by atoms with van der Waals surface area (Å²) in [6.45, 7) is 1.29. The second kappa shape index (κ2) is 3.55. The molecule has 0 radical (unpaired) electrons. The van der Waals surface area contributed by atoms with Gasteiger partial charge in [0.2, 0.25) is 0 Å². The third-order valence-electron chi connectivity index (χ3n) is 2.63. The molecule has 86 valence electrons.